The molecule has 9 heteroatoms. The molecule has 0 aromatic rings. The van der Waals surface area contributed by atoms with Gasteiger partial charge in [-0.1, -0.05) is 155 Å². The Morgan fingerprint density at radius 2 is 1.02 bits per heavy atom. The molecule has 0 fully saturated rings. The van der Waals surface area contributed by atoms with E-state index in [9.17, 15) is 24.3 Å². The first kappa shape index (κ1) is 46.8. The van der Waals surface area contributed by atoms with Gasteiger partial charge in [0.25, 0.3) is 0 Å². The van der Waals surface area contributed by atoms with E-state index in [1.54, 1.807) is 0 Å². The number of primary amides is 1. The largest absolute Gasteiger partial charge is 0.481 e. The Labute approximate surface area is 299 Å². The van der Waals surface area contributed by atoms with E-state index in [0.717, 1.165) is 51.4 Å². The quantitative estimate of drug-likeness (QED) is 0.0373. The molecule has 0 saturated carbocycles. The number of hydrogen-bond donors (Lipinski definition) is 4. The minimum absolute atomic E-state index is 0.0307. The molecule has 0 spiro atoms. The zero-order chi connectivity index (χ0) is 36.4. The highest BCUT2D eigenvalue weighted by Crippen LogP contribution is 2.19. The Balaban J connectivity index is 4.63. The van der Waals surface area contributed by atoms with Crippen molar-refractivity contribution in [3.63, 3.8) is 0 Å². The predicted molar refractivity (Wildman–Crippen MR) is 199 cm³/mol. The third-order valence-electron chi connectivity index (χ3n) is 9.62. The Morgan fingerprint density at radius 3 is 1.43 bits per heavy atom. The summed E-state index contributed by atoms with van der Waals surface area (Å²) in [7, 11) is 0. The zero-order valence-corrected chi connectivity index (χ0v) is 31.7. The first-order valence-corrected chi connectivity index (χ1v) is 20.3. The third kappa shape index (κ3) is 31.6. The predicted octanol–water partition coefficient (Wildman–Crippen LogP) is 9.16. The fourth-order valence-corrected chi connectivity index (χ4v) is 6.50. The molecule has 0 aliphatic rings. The van der Waals surface area contributed by atoms with Gasteiger partial charge in [0, 0.05) is 31.8 Å². The molecule has 0 aromatic heterocycles. The molecule has 0 radical (unpaired) electrons. The van der Waals surface area contributed by atoms with Crippen LogP contribution in [-0.4, -0.2) is 53.2 Å². The summed E-state index contributed by atoms with van der Waals surface area (Å²) in [5.41, 5.74) is 5.48. The lowest BCUT2D eigenvalue weighted by atomic mass is 9.96. The van der Waals surface area contributed by atoms with E-state index in [1.807, 2.05) is 0 Å². The molecule has 0 saturated heterocycles. The molecule has 2 amide bonds. The number of aliphatic carboxylic acids is 1. The van der Waals surface area contributed by atoms with Crippen LogP contribution in [-0.2, 0) is 23.9 Å². The maximum absolute atomic E-state index is 13.1. The molecule has 288 valence electrons. The van der Waals surface area contributed by atoms with Gasteiger partial charge in [-0.3, -0.25) is 14.4 Å². The summed E-state index contributed by atoms with van der Waals surface area (Å²) in [5.74, 6) is -2.78. The first-order chi connectivity index (χ1) is 23.7. The highest BCUT2D eigenvalue weighted by Gasteiger charge is 2.25. The van der Waals surface area contributed by atoms with Crippen LogP contribution < -0.4 is 11.1 Å². The molecule has 0 aliphatic carbocycles. The van der Waals surface area contributed by atoms with E-state index < -0.39 is 23.9 Å². The zero-order valence-electron chi connectivity index (χ0n) is 31.7. The van der Waals surface area contributed by atoms with Crippen molar-refractivity contribution in [1.29, 1.82) is 0 Å². The number of aliphatic hydroxyl groups is 1. The molecule has 9 nitrogen and oxygen atoms in total. The van der Waals surface area contributed by atoms with E-state index in [-0.39, 0.29) is 63.1 Å². The van der Waals surface area contributed by atoms with Crippen molar-refractivity contribution >= 4 is 23.8 Å². The van der Waals surface area contributed by atoms with Crippen molar-refractivity contribution in [2.24, 2.45) is 17.6 Å². The van der Waals surface area contributed by atoms with Gasteiger partial charge in [0.15, 0.2) is 0 Å². The van der Waals surface area contributed by atoms with E-state index in [1.165, 1.54) is 103 Å². The van der Waals surface area contributed by atoms with Gasteiger partial charge in [0.05, 0.1) is 6.61 Å². The van der Waals surface area contributed by atoms with E-state index >= 15 is 0 Å². The molecule has 5 N–H and O–H groups in total. The number of carboxylic acids is 1. The molecule has 0 aromatic carbocycles. The number of esters is 1. The summed E-state index contributed by atoms with van der Waals surface area (Å²) in [5, 5.41) is 21.7. The van der Waals surface area contributed by atoms with E-state index in [2.05, 4.69) is 19.2 Å². The number of carbonyl (C=O) groups excluding carboxylic acids is 3. The molecule has 0 unspecified atom stereocenters. The Morgan fingerprint density at radius 1 is 0.592 bits per heavy atom. The number of nitrogens with one attached hydrogen (secondary N) is 1. The lowest BCUT2D eigenvalue weighted by molar-refractivity contribution is -0.150. The van der Waals surface area contributed by atoms with Gasteiger partial charge in [-0.25, -0.2) is 4.79 Å². The number of aliphatic hydroxyl groups excluding tert-OH is 1. The molecule has 3 atom stereocenters. The molecule has 0 rings (SSSR count). The molecule has 0 heterocycles. The van der Waals surface area contributed by atoms with Gasteiger partial charge in [-0.15, -0.1) is 0 Å². The normalized spacial score (nSPS) is 13.1. The summed E-state index contributed by atoms with van der Waals surface area (Å²) in [6, 6.07) is -0.982. The van der Waals surface area contributed by atoms with E-state index in [0.29, 0.717) is 0 Å². The second-order valence-corrected chi connectivity index (χ2v) is 14.5. The smallest absolute Gasteiger partial charge is 0.328 e. The Kier molecular flexibility index (Phi) is 32.8. The minimum Gasteiger partial charge on any atom is -0.481 e. The Hall–Kier alpha value is -2.16. The maximum Gasteiger partial charge on any atom is 0.328 e. The monoisotopic (exact) mass is 697 g/mol. The van der Waals surface area contributed by atoms with Crippen LogP contribution in [0.4, 0.5) is 0 Å². The average Bonchev–Trinajstić information content (AvgIpc) is 3.06. The van der Waals surface area contributed by atoms with Crippen molar-refractivity contribution < 1.29 is 34.1 Å². The van der Waals surface area contributed by atoms with Crippen molar-refractivity contribution in [3.8, 4) is 0 Å². The van der Waals surface area contributed by atoms with Crippen LogP contribution in [0.2, 0.25) is 0 Å². The van der Waals surface area contributed by atoms with Gasteiger partial charge in [0.1, 0.15) is 6.04 Å². The number of carbonyl (C=O) groups is 4. The van der Waals surface area contributed by atoms with Crippen LogP contribution in [0.3, 0.4) is 0 Å². The molecular formula is C40H76N2O7. The van der Waals surface area contributed by atoms with E-state index in [4.69, 9.17) is 15.6 Å². The summed E-state index contributed by atoms with van der Waals surface area (Å²) >= 11 is 0. The third-order valence-corrected chi connectivity index (χ3v) is 9.62. The molecule has 0 aliphatic heterocycles. The second-order valence-electron chi connectivity index (χ2n) is 14.5. The first-order valence-electron chi connectivity index (χ1n) is 20.3. The fourth-order valence-electron chi connectivity index (χ4n) is 6.50. The van der Waals surface area contributed by atoms with Crippen LogP contribution in [0.25, 0.3) is 0 Å². The summed E-state index contributed by atoms with van der Waals surface area (Å²) in [4.78, 5) is 48.8. The second kappa shape index (κ2) is 34.3. The SMILES string of the molecule is CCCCCCCCCCCCC[C@H](COC(=O)[C@H](CCCC(=O)O)NC(=O)C[C@@H](CO)CCCCCCCCCCCCC)CC(N)=O. The molecular weight excluding hydrogens is 620 g/mol. The van der Waals surface area contributed by atoms with Gasteiger partial charge in [0.2, 0.25) is 11.8 Å². The lowest BCUT2D eigenvalue weighted by Gasteiger charge is -2.21. The minimum atomic E-state index is -0.982. The van der Waals surface area contributed by atoms with Crippen molar-refractivity contribution in [2.45, 2.75) is 206 Å². The van der Waals surface area contributed by atoms with Crippen LogP contribution in [0.1, 0.15) is 200 Å². The number of ether oxygens (including phenoxy) is 1. The number of carboxylic acid groups (broad SMARTS) is 1. The highest BCUT2D eigenvalue weighted by atomic mass is 16.5. The Bertz CT molecular complexity index is 822. The number of rotatable bonds is 37. The van der Waals surface area contributed by atoms with Crippen molar-refractivity contribution in [1.82, 2.24) is 5.32 Å². The summed E-state index contributed by atoms with van der Waals surface area (Å²) < 4.78 is 5.59. The number of amides is 2. The maximum atomic E-state index is 13.1. The lowest BCUT2D eigenvalue weighted by Crippen LogP contribution is -2.43. The standard InChI is InChI=1S/C40H76N2O7/c1-3-5-7-9-11-13-15-17-19-21-23-26-34(32-43)31-38(45)42-36(28-25-29-39(46)47)40(48)49-33-35(30-37(41)44)27-24-22-20-18-16-14-12-10-8-6-4-2/h34-36,43H,3-33H2,1-2H3,(H2,41,44)(H,42,45)(H,46,47)/t34-,35-,36-/m0/s1. The topological polar surface area (TPSA) is 156 Å². The van der Waals surface area contributed by atoms with Crippen LogP contribution in [0.5, 0.6) is 0 Å². The summed E-state index contributed by atoms with van der Waals surface area (Å²) in [6.07, 6.45) is 28.9. The van der Waals surface area contributed by atoms with Crippen molar-refractivity contribution in [3.05, 3.63) is 0 Å². The number of nitrogens with two attached hydrogens (primary N) is 1. The van der Waals surface area contributed by atoms with Crippen LogP contribution >= 0.6 is 0 Å². The average molecular weight is 697 g/mol. The fraction of sp³-hybridized carbons (Fsp3) is 0.900. The summed E-state index contributed by atoms with van der Waals surface area (Å²) in [6.45, 7) is 4.39. The molecule has 0 bridgehead atoms. The van der Waals surface area contributed by atoms with Crippen LogP contribution in [0.15, 0.2) is 0 Å². The molecule has 49 heavy (non-hydrogen) atoms. The van der Waals surface area contributed by atoms with Gasteiger partial charge < -0.3 is 26.0 Å². The number of hydrogen-bond acceptors (Lipinski definition) is 6. The van der Waals surface area contributed by atoms with Crippen molar-refractivity contribution in [2.75, 3.05) is 13.2 Å². The number of unbranched alkanes of at least 4 members (excludes halogenated alkanes) is 20. The van der Waals surface area contributed by atoms with Gasteiger partial charge >= 0.3 is 11.9 Å². The van der Waals surface area contributed by atoms with Gasteiger partial charge in [-0.05, 0) is 31.6 Å². The van der Waals surface area contributed by atoms with Gasteiger partial charge in [-0.2, -0.15) is 0 Å². The van der Waals surface area contributed by atoms with Crippen LogP contribution in [0, 0.1) is 11.8 Å². The highest BCUT2D eigenvalue weighted by molar-refractivity contribution is 5.84.